The summed E-state index contributed by atoms with van der Waals surface area (Å²) in [6.45, 7) is 3.95. The number of fused-ring (bicyclic) bond motifs is 2. The van der Waals surface area contributed by atoms with E-state index in [0.29, 0.717) is 11.3 Å². The van der Waals surface area contributed by atoms with E-state index in [2.05, 4.69) is 48.2 Å². The van der Waals surface area contributed by atoms with E-state index in [9.17, 15) is 4.79 Å². The van der Waals surface area contributed by atoms with Crippen molar-refractivity contribution in [3.8, 4) is 11.1 Å². The number of anilines is 2. The number of hydrogen-bond donors (Lipinski definition) is 2. The van der Waals surface area contributed by atoms with Crippen LogP contribution in [-0.2, 0) is 0 Å². The minimum absolute atomic E-state index is 0.219. The van der Waals surface area contributed by atoms with Gasteiger partial charge in [-0.2, -0.15) is 0 Å². The Bertz CT molecular complexity index is 1520. The molecule has 5 heterocycles. The predicted molar refractivity (Wildman–Crippen MR) is 139 cm³/mol. The Kier molecular flexibility index (Phi) is 5.35. The second-order valence-corrected chi connectivity index (χ2v) is 8.88. The van der Waals surface area contributed by atoms with Crippen molar-refractivity contribution in [3.63, 3.8) is 0 Å². The molecule has 35 heavy (non-hydrogen) atoms. The summed E-state index contributed by atoms with van der Waals surface area (Å²) < 4.78 is 0. The first-order valence-electron chi connectivity index (χ1n) is 11.7. The number of aromatic amines is 1. The highest BCUT2D eigenvalue weighted by Crippen LogP contribution is 2.30. The summed E-state index contributed by atoms with van der Waals surface area (Å²) in [7, 11) is 2.13. The number of H-pyrrole nitrogens is 1. The molecule has 8 nitrogen and oxygen atoms in total. The molecule has 0 radical (unpaired) electrons. The van der Waals surface area contributed by atoms with Gasteiger partial charge in [-0.15, -0.1) is 0 Å². The van der Waals surface area contributed by atoms with Crippen LogP contribution in [0, 0.1) is 0 Å². The average molecular weight is 464 g/mol. The minimum atomic E-state index is -0.219. The first-order chi connectivity index (χ1) is 17.1. The Morgan fingerprint density at radius 2 is 1.86 bits per heavy atom. The first kappa shape index (κ1) is 21.2. The zero-order valence-electron chi connectivity index (χ0n) is 19.4. The first-order valence-corrected chi connectivity index (χ1v) is 11.7. The molecule has 0 saturated carbocycles. The number of amides is 1. The number of aromatic nitrogens is 4. The minimum Gasteiger partial charge on any atom is -0.354 e. The van der Waals surface area contributed by atoms with Gasteiger partial charge in [-0.3, -0.25) is 9.78 Å². The molecule has 1 aromatic carbocycles. The average Bonchev–Trinajstić information content (AvgIpc) is 3.33. The topological polar surface area (TPSA) is 90.0 Å². The molecule has 0 aliphatic carbocycles. The third-order valence-electron chi connectivity index (χ3n) is 6.54. The molecule has 0 spiro atoms. The molecule has 174 valence electrons. The van der Waals surface area contributed by atoms with Gasteiger partial charge in [0.15, 0.2) is 0 Å². The summed E-state index contributed by atoms with van der Waals surface area (Å²) in [4.78, 5) is 34.2. The number of nitrogens with zero attached hydrogens (tertiary/aromatic N) is 5. The molecule has 0 atom stereocenters. The van der Waals surface area contributed by atoms with E-state index in [0.717, 1.165) is 65.1 Å². The Morgan fingerprint density at radius 1 is 0.971 bits per heavy atom. The molecule has 1 aliphatic heterocycles. The monoisotopic (exact) mass is 463 g/mol. The second-order valence-electron chi connectivity index (χ2n) is 8.88. The number of hydrogen-bond acceptors (Lipinski definition) is 6. The number of carbonyl (C=O) groups excluding carboxylic acids is 1. The van der Waals surface area contributed by atoms with Crippen molar-refractivity contribution >= 4 is 39.3 Å². The van der Waals surface area contributed by atoms with E-state index < -0.39 is 0 Å². The van der Waals surface area contributed by atoms with E-state index in [-0.39, 0.29) is 5.91 Å². The van der Waals surface area contributed by atoms with Crippen LogP contribution in [0.3, 0.4) is 0 Å². The number of rotatable bonds is 4. The van der Waals surface area contributed by atoms with Crippen LogP contribution in [-0.4, -0.2) is 64.0 Å². The number of carbonyl (C=O) groups is 1. The summed E-state index contributed by atoms with van der Waals surface area (Å²) in [5.74, 6) is 0.713. The van der Waals surface area contributed by atoms with Gasteiger partial charge in [0.05, 0.1) is 23.0 Å². The maximum atomic E-state index is 13.0. The lowest BCUT2D eigenvalue weighted by Crippen LogP contribution is -2.44. The van der Waals surface area contributed by atoms with Gasteiger partial charge in [-0.05, 0) is 49.0 Å². The van der Waals surface area contributed by atoms with Gasteiger partial charge in [-0.1, -0.05) is 12.1 Å². The van der Waals surface area contributed by atoms with Crippen LogP contribution in [0.2, 0.25) is 0 Å². The molecule has 1 fully saturated rings. The summed E-state index contributed by atoms with van der Waals surface area (Å²) in [6, 6.07) is 15.9. The van der Waals surface area contributed by atoms with Crippen molar-refractivity contribution in [2.45, 2.75) is 0 Å². The number of benzene rings is 1. The quantitative estimate of drug-likeness (QED) is 0.416. The zero-order valence-corrected chi connectivity index (χ0v) is 19.4. The molecule has 0 bridgehead atoms. The highest BCUT2D eigenvalue weighted by atomic mass is 16.1. The molecule has 2 N–H and O–H groups in total. The molecule has 1 saturated heterocycles. The molecular weight excluding hydrogens is 438 g/mol. The van der Waals surface area contributed by atoms with Crippen molar-refractivity contribution in [2.24, 2.45) is 0 Å². The van der Waals surface area contributed by atoms with Gasteiger partial charge in [-0.25, -0.2) is 9.97 Å². The van der Waals surface area contributed by atoms with Crippen LogP contribution < -0.4 is 10.2 Å². The second kappa shape index (κ2) is 8.81. The van der Waals surface area contributed by atoms with Crippen molar-refractivity contribution in [3.05, 3.63) is 78.9 Å². The molecule has 1 aliphatic rings. The number of piperazine rings is 1. The molecular formula is C27H25N7O. The van der Waals surface area contributed by atoms with E-state index in [1.807, 2.05) is 48.7 Å². The Morgan fingerprint density at radius 3 is 2.69 bits per heavy atom. The largest absolute Gasteiger partial charge is 0.354 e. The molecule has 5 aromatic rings. The van der Waals surface area contributed by atoms with Gasteiger partial charge >= 0.3 is 0 Å². The van der Waals surface area contributed by atoms with Gasteiger partial charge in [0, 0.05) is 61.1 Å². The smallest absolute Gasteiger partial charge is 0.257 e. The lowest BCUT2D eigenvalue weighted by molar-refractivity contribution is 0.102. The van der Waals surface area contributed by atoms with Crippen molar-refractivity contribution in [2.75, 3.05) is 43.4 Å². The van der Waals surface area contributed by atoms with Crippen molar-refractivity contribution in [1.29, 1.82) is 0 Å². The number of nitrogens with one attached hydrogen (secondary N) is 2. The van der Waals surface area contributed by atoms with Gasteiger partial charge < -0.3 is 20.1 Å². The van der Waals surface area contributed by atoms with Gasteiger partial charge in [0.25, 0.3) is 5.91 Å². The van der Waals surface area contributed by atoms with Crippen LogP contribution in [0.5, 0.6) is 0 Å². The molecule has 0 unspecified atom stereocenters. The number of likely N-dealkylation sites (N-methyl/N-ethyl adjacent to an activating group) is 1. The molecule has 4 aromatic heterocycles. The summed E-state index contributed by atoms with van der Waals surface area (Å²) in [5.41, 5.74) is 4.86. The Balaban J connectivity index is 1.23. The third kappa shape index (κ3) is 4.20. The fourth-order valence-electron chi connectivity index (χ4n) is 4.50. The standard InChI is InChI=1S/C27H25N7O/c1-33-9-11-34(12-10-33)25-7-5-21(16-29-25)32-27(35)20-14-22-23(17-31-26(22)30-15-20)18-4-6-24-19(13-18)3-2-8-28-24/h2-8,13-17H,9-12H2,1H3,(H,30,31)(H,32,35). The van der Waals surface area contributed by atoms with Gasteiger partial charge in [0.2, 0.25) is 0 Å². The third-order valence-corrected chi connectivity index (χ3v) is 6.54. The highest BCUT2D eigenvalue weighted by molar-refractivity contribution is 6.07. The SMILES string of the molecule is CN1CCN(c2ccc(NC(=O)c3cnc4[nH]cc(-c5ccc6ncccc6c5)c4c3)cn2)CC1. The summed E-state index contributed by atoms with van der Waals surface area (Å²) >= 11 is 0. The lowest BCUT2D eigenvalue weighted by Gasteiger charge is -2.33. The van der Waals surface area contributed by atoms with E-state index in [1.165, 1.54) is 0 Å². The van der Waals surface area contributed by atoms with Crippen LogP contribution in [0.1, 0.15) is 10.4 Å². The molecule has 8 heteroatoms. The van der Waals surface area contributed by atoms with Crippen molar-refractivity contribution in [1.82, 2.24) is 24.8 Å². The maximum Gasteiger partial charge on any atom is 0.257 e. The molecule has 1 amide bonds. The van der Waals surface area contributed by atoms with E-state index in [4.69, 9.17) is 0 Å². The van der Waals surface area contributed by atoms with Crippen LogP contribution in [0.4, 0.5) is 11.5 Å². The lowest BCUT2D eigenvalue weighted by atomic mass is 10.0. The molecule has 6 rings (SSSR count). The normalized spacial score (nSPS) is 14.5. The predicted octanol–water partition coefficient (Wildman–Crippen LogP) is 4.18. The number of pyridine rings is 3. The maximum absolute atomic E-state index is 13.0. The summed E-state index contributed by atoms with van der Waals surface area (Å²) in [6.07, 6.45) is 7.02. The van der Waals surface area contributed by atoms with Crippen LogP contribution in [0.25, 0.3) is 33.1 Å². The van der Waals surface area contributed by atoms with Crippen LogP contribution >= 0.6 is 0 Å². The van der Waals surface area contributed by atoms with Crippen molar-refractivity contribution < 1.29 is 4.79 Å². The van der Waals surface area contributed by atoms with E-state index >= 15 is 0 Å². The summed E-state index contributed by atoms with van der Waals surface area (Å²) in [5, 5.41) is 4.91. The zero-order chi connectivity index (χ0) is 23.8. The van der Waals surface area contributed by atoms with Crippen LogP contribution in [0.15, 0.2) is 73.3 Å². The Labute approximate surface area is 202 Å². The van der Waals surface area contributed by atoms with E-state index in [1.54, 1.807) is 18.6 Å². The highest BCUT2D eigenvalue weighted by Gasteiger charge is 2.16. The Hall–Kier alpha value is -4.30. The van der Waals surface area contributed by atoms with Gasteiger partial charge in [0.1, 0.15) is 11.5 Å². The fraction of sp³-hybridized carbons (Fsp3) is 0.185. The fourth-order valence-corrected chi connectivity index (χ4v) is 4.50.